The molecule has 0 saturated heterocycles. The van der Waals surface area contributed by atoms with E-state index < -0.39 is 28.8 Å². The Bertz CT molecular complexity index is 1160. The summed E-state index contributed by atoms with van der Waals surface area (Å²) in [5.41, 5.74) is 1.04. The van der Waals surface area contributed by atoms with Crippen LogP contribution in [-0.4, -0.2) is 52.0 Å². The largest absolute Gasteiger partial charge is 0.505 e. The number of aromatic nitrogens is 2. The Labute approximate surface area is 184 Å². The molecule has 0 saturated carbocycles. The molecule has 32 heavy (non-hydrogen) atoms. The van der Waals surface area contributed by atoms with Crippen molar-refractivity contribution in [2.75, 3.05) is 20.3 Å². The minimum atomic E-state index is -0.784. The summed E-state index contributed by atoms with van der Waals surface area (Å²) in [5, 5.41) is 22.4. The van der Waals surface area contributed by atoms with E-state index in [9.17, 15) is 24.2 Å². The number of aliphatic hydroxyl groups is 1. The minimum Gasteiger partial charge on any atom is -0.505 e. The van der Waals surface area contributed by atoms with Crippen LogP contribution in [0.1, 0.15) is 34.8 Å². The summed E-state index contributed by atoms with van der Waals surface area (Å²) in [6, 6.07) is 7.21. The fraction of sp³-hybridized carbons (Fsp3) is 0.348. The van der Waals surface area contributed by atoms with Crippen molar-refractivity contribution in [1.82, 2.24) is 14.9 Å². The summed E-state index contributed by atoms with van der Waals surface area (Å²) in [6.45, 7) is 1.92. The monoisotopic (exact) mass is 443 g/mol. The number of nitrogens with one attached hydrogen (secondary N) is 1. The Morgan fingerprint density at radius 3 is 2.66 bits per heavy atom. The normalized spacial score (nSPS) is 12.1. The number of carbonyl (C=O) groups excluding carboxylic acids is 1. The molecule has 3 aromatic rings. The second kappa shape index (κ2) is 10.3. The summed E-state index contributed by atoms with van der Waals surface area (Å²) in [5.74, 6) is -1.62. The maximum absolute atomic E-state index is 13.2. The molecule has 3 rings (SSSR count). The second-order valence-corrected chi connectivity index (χ2v) is 7.60. The summed E-state index contributed by atoms with van der Waals surface area (Å²) in [6.07, 6.45) is 2.51. The third-order valence-corrected chi connectivity index (χ3v) is 5.07. The molecular formula is C23H26FN3O5. The fourth-order valence-corrected chi connectivity index (χ4v) is 3.42. The van der Waals surface area contributed by atoms with Gasteiger partial charge in [0.1, 0.15) is 16.9 Å². The van der Waals surface area contributed by atoms with Crippen molar-refractivity contribution in [3.8, 4) is 5.75 Å². The first kappa shape index (κ1) is 23.4. The van der Waals surface area contributed by atoms with E-state index in [1.54, 1.807) is 38.4 Å². The predicted octanol–water partition coefficient (Wildman–Crippen LogP) is 1.98. The highest BCUT2D eigenvalue weighted by Gasteiger charge is 2.24. The van der Waals surface area contributed by atoms with E-state index in [2.05, 4.69) is 10.3 Å². The number of aromatic hydroxyl groups is 1. The Balaban J connectivity index is 2.10. The lowest BCUT2D eigenvalue weighted by Crippen LogP contribution is -2.39. The van der Waals surface area contributed by atoms with Crippen molar-refractivity contribution < 1.29 is 24.1 Å². The van der Waals surface area contributed by atoms with Gasteiger partial charge in [0.25, 0.3) is 11.5 Å². The third-order valence-electron chi connectivity index (χ3n) is 5.07. The number of halogens is 1. The summed E-state index contributed by atoms with van der Waals surface area (Å²) >= 11 is 0. The van der Waals surface area contributed by atoms with Gasteiger partial charge in [-0.05, 0) is 49.1 Å². The molecule has 0 fully saturated rings. The zero-order valence-electron chi connectivity index (χ0n) is 18.0. The Morgan fingerprint density at radius 1 is 1.28 bits per heavy atom. The first-order valence-electron chi connectivity index (χ1n) is 10.2. The molecule has 2 aromatic heterocycles. The van der Waals surface area contributed by atoms with Gasteiger partial charge in [-0.15, -0.1) is 0 Å². The molecule has 1 aromatic carbocycles. The summed E-state index contributed by atoms with van der Waals surface area (Å²) in [4.78, 5) is 30.1. The molecule has 1 atom stereocenters. The first-order chi connectivity index (χ1) is 15.3. The number of nitrogens with zero attached hydrogens (tertiary/aromatic N) is 2. The smallest absolute Gasteiger partial charge is 0.267 e. The first-order valence-corrected chi connectivity index (χ1v) is 10.2. The van der Waals surface area contributed by atoms with Crippen molar-refractivity contribution in [3.63, 3.8) is 0 Å². The third kappa shape index (κ3) is 5.12. The number of pyridine rings is 2. The maximum Gasteiger partial charge on any atom is 0.267 e. The molecule has 0 aliphatic rings. The molecule has 0 radical (unpaired) electrons. The van der Waals surface area contributed by atoms with Crippen LogP contribution in [0.5, 0.6) is 5.75 Å². The highest BCUT2D eigenvalue weighted by atomic mass is 19.1. The lowest BCUT2D eigenvalue weighted by molar-refractivity contribution is 0.0917. The van der Waals surface area contributed by atoms with Crippen LogP contribution in [0.2, 0.25) is 0 Å². The van der Waals surface area contributed by atoms with Gasteiger partial charge in [0.2, 0.25) is 0 Å². The van der Waals surface area contributed by atoms with Crippen LogP contribution in [-0.2, 0) is 17.7 Å². The molecular weight excluding hydrogens is 417 g/mol. The zero-order chi connectivity index (χ0) is 23.3. The molecule has 8 nitrogen and oxygen atoms in total. The lowest BCUT2D eigenvalue weighted by Gasteiger charge is -2.16. The number of hydrogen-bond acceptors (Lipinski definition) is 6. The van der Waals surface area contributed by atoms with Crippen LogP contribution in [0.3, 0.4) is 0 Å². The molecule has 0 spiro atoms. The van der Waals surface area contributed by atoms with Gasteiger partial charge in [0.05, 0.1) is 12.1 Å². The van der Waals surface area contributed by atoms with Gasteiger partial charge in [-0.3, -0.25) is 14.6 Å². The van der Waals surface area contributed by atoms with Crippen molar-refractivity contribution in [2.24, 2.45) is 0 Å². The number of hydrogen-bond donors (Lipinski definition) is 3. The topological polar surface area (TPSA) is 114 Å². The van der Waals surface area contributed by atoms with Crippen LogP contribution >= 0.6 is 0 Å². The van der Waals surface area contributed by atoms with E-state index in [0.717, 1.165) is 11.1 Å². The highest BCUT2D eigenvalue weighted by Crippen LogP contribution is 2.26. The van der Waals surface area contributed by atoms with E-state index in [1.807, 2.05) is 0 Å². The SMILES string of the molecule is COCCCn1c(=O)c(C(=O)NC(C)CO)c(O)c2ncc(Cc3ccc(F)cc3)cc21. The quantitative estimate of drug-likeness (QED) is 0.436. The van der Waals surface area contributed by atoms with Crippen molar-refractivity contribution in [1.29, 1.82) is 0 Å². The molecule has 0 bridgehead atoms. The van der Waals surface area contributed by atoms with Crippen LogP contribution < -0.4 is 10.9 Å². The van der Waals surface area contributed by atoms with Crippen LogP contribution in [0.15, 0.2) is 41.3 Å². The van der Waals surface area contributed by atoms with Crippen LogP contribution in [0.25, 0.3) is 11.0 Å². The van der Waals surface area contributed by atoms with Crippen molar-refractivity contribution >= 4 is 16.9 Å². The van der Waals surface area contributed by atoms with Crippen molar-refractivity contribution in [2.45, 2.75) is 32.4 Å². The molecule has 1 unspecified atom stereocenters. The summed E-state index contributed by atoms with van der Waals surface area (Å²) in [7, 11) is 1.55. The zero-order valence-corrected chi connectivity index (χ0v) is 18.0. The lowest BCUT2D eigenvalue weighted by atomic mass is 10.0. The Kier molecular flexibility index (Phi) is 7.55. The van der Waals surface area contributed by atoms with Gasteiger partial charge in [0, 0.05) is 32.5 Å². The van der Waals surface area contributed by atoms with E-state index in [-0.39, 0.29) is 24.5 Å². The molecule has 170 valence electrons. The van der Waals surface area contributed by atoms with Crippen LogP contribution in [0.4, 0.5) is 4.39 Å². The number of methoxy groups -OCH3 is 1. The highest BCUT2D eigenvalue weighted by molar-refractivity contribution is 6.01. The average molecular weight is 443 g/mol. The number of fused-ring (bicyclic) bond motifs is 1. The molecule has 9 heteroatoms. The molecule has 0 aliphatic carbocycles. The second-order valence-electron chi connectivity index (χ2n) is 7.60. The number of benzene rings is 1. The molecule has 2 heterocycles. The van der Waals surface area contributed by atoms with Gasteiger partial charge in [-0.1, -0.05) is 12.1 Å². The predicted molar refractivity (Wildman–Crippen MR) is 117 cm³/mol. The van der Waals surface area contributed by atoms with Crippen LogP contribution in [0, 0.1) is 5.82 Å². The van der Waals surface area contributed by atoms with E-state index in [4.69, 9.17) is 4.74 Å². The number of amides is 1. The van der Waals surface area contributed by atoms with Crippen molar-refractivity contribution in [3.05, 3.63) is 69.4 Å². The van der Waals surface area contributed by atoms with Gasteiger partial charge < -0.3 is 24.8 Å². The average Bonchev–Trinajstić information content (AvgIpc) is 2.77. The van der Waals surface area contributed by atoms with Gasteiger partial charge in [-0.25, -0.2) is 4.39 Å². The number of ether oxygens (including phenoxy) is 1. The number of aliphatic hydroxyl groups excluding tert-OH is 1. The minimum absolute atomic E-state index is 0.117. The molecule has 0 aliphatic heterocycles. The Hall–Kier alpha value is -3.30. The van der Waals surface area contributed by atoms with E-state index in [1.165, 1.54) is 16.7 Å². The summed E-state index contributed by atoms with van der Waals surface area (Å²) < 4.78 is 19.7. The van der Waals surface area contributed by atoms with Gasteiger partial charge in [-0.2, -0.15) is 0 Å². The van der Waals surface area contributed by atoms with E-state index >= 15 is 0 Å². The van der Waals surface area contributed by atoms with Gasteiger partial charge in [0.15, 0.2) is 5.75 Å². The standard InChI is InChI=1S/C23H26FN3O5/c1-14(13-28)26-22(30)19-21(29)20-18(27(23(19)31)8-3-9-32-2)11-16(12-25-20)10-15-4-6-17(24)7-5-15/h4-7,11-12,14,28-29H,3,8-10,13H2,1-2H3,(H,26,30). The number of rotatable bonds is 9. The van der Waals surface area contributed by atoms with E-state index in [0.29, 0.717) is 25.0 Å². The Morgan fingerprint density at radius 2 is 2.00 bits per heavy atom. The maximum atomic E-state index is 13.2. The molecule has 1 amide bonds. The number of carbonyl (C=O) groups is 1. The fourth-order valence-electron chi connectivity index (χ4n) is 3.42. The van der Waals surface area contributed by atoms with Gasteiger partial charge >= 0.3 is 0 Å². The number of aryl methyl sites for hydroxylation is 1. The molecule has 3 N–H and O–H groups in total.